The first kappa shape index (κ1) is 14.1. The molecule has 1 aromatic carbocycles. The minimum atomic E-state index is -4.41. The molecule has 2 atom stereocenters. The Labute approximate surface area is 118 Å². The fourth-order valence-electron chi connectivity index (χ4n) is 2.88. The first-order valence-corrected chi connectivity index (χ1v) is 6.47. The third-order valence-corrected chi connectivity index (χ3v) is 4.10. The van der Waals surface area contributed by atoms with Gasteiger partial charge in [-0.25, -0.2) is 0 Å². The molecule has 1 aliphatic heterocycles. The predicted molar refractivity (Wildman–Crippen MR) is 64.6 cm³/mol. The highest BCUT2D eigenvalue weighted by atomic mass is 19.4. The average molecular weight is 299 g/mol. The number of rotatable bonds is 3. The molecule has 7 heteroatoms. The molecule has 0 bridgehead atoms. The number of halogens is 3. The summed E-state index contributed by atoms with van der Waals surface area (Å²) in [5.74, 6) is -1.87. The van der Waals surface area contributed by atoms with Crippen molar-refractivity contribution in [3.05, 3.63) is 35.4 Å². The summed E-state index contributed by atoms with van der Waals surface area (Å²) in [4.78, 5) is 25.0. The van der Waals surface area contributed by atoms with Crippen LogP contribution in [0.5, 0.6) is 0 Å². The zero-order chi connectivity index (χ0) is 15.4. The second-order valence-corrected chi connectivity index (χ2v) is 5.36. The van der Waals surface area contributed by atoms with E-state index in [4.69, 9.17) is 5.11 Å². The second kappa shape index (κ2) is 4.56. The van der Waals surface area contributed by atoms with Crippen LogP contribution in [-0.4, -0.2) is 28.4 Å². The predicted octanol–water partition coefficient (Wildman–Crippen LogP) is 1.43. The molecule has 1 aromatic rings. The monoisotopic (exact) mass is 299 g/mol. The van der Waals surface area contributed by atoms with Gasteiger partial charge >= 0.3 is 6.18 Å². The Bertz CT molecular complexity index is 574. The first-order chi connectivity index (χ1) is 9.84. The molecule has 0 spiro atoms. The maximum absolute atomic E-state index is 12.4. The lowest BCUT2D eigenvalue weighted by Crippen LogP contribution is -2.34. The van der Waals surface area contributed by atoms with Crippen molar-refractivity contribution in [3.8, 4) is 0 Å². The van der Waals surface area contributed by atoms with Crippen LogP contribution < -0.4 is 0 Å². The molecule has 0 aromatic heterocycles. The summed E-state index contributed by atoms with van der Waals surface area (Å²) in [5.41, 5.74) is -0.305. The maximum Gasteiger partial charge on any atom is 0.416 e. The van der Waals surface area contributed by atoms with Gasteiger partial charge in [0.1, 0.15) is 0 Å². The molecular formula is C14H12F3NO3. The van der Waals surface area contributed by atoms with Crippen molar-refractivity contribution in [3.63, 3.8) is 0 Å². The zero-order valence-corrected chi connectivity index (χ0v) is 10.8. The Morgan fingerprint density at radius 2 is 1.57 bits per heavy atom. The Balaban J connectivity index is 1.71. The number of fused-ring (bicyclic) bond motifs is 1. The van der Waals surface area contributed by atoms with Crippen molar-refractivity contribution >= 4 is 11.8 Å². The molecule has 4 nitrogen and oxygen atoms in total. The highest BCUT2D eigenvalue weighted by molar-refractivity contribution is 6.09. The van der Waals surface area contributed by atoms with Crippen molar-refractivity contribution in [2.75, 3.05) is 6.61 Å². The molecule has 1 aliphatic carbocycles. The number of carbonyl (C=O) groups excluding carboxylic acids is 2. The van der Waals surface area contributed by atoms with Crippen LogP contribution in [0.1, 0.15) is 11.1 Å². The minimum Gasteiger partial charge on any atom is -0.396 e. The average Bonchev–Trinajstić information content (AvgIpc) is 3.11. The topological polar surface area (TPSA) is 57.6 Å². The van der Waals surface area contributed by atoms with E-state index in [0.717, 1.165) is 17.0 Å². The molecule has 3 rings (SSSR count). The Kier molecular flexibility index (Phi) is 3.05. The van der Waals surface area contributed by atoms with Gasteiger partial charge in [0, 0.05) is 12.5 Å². The Hall–Kier alpha value is -1.89. The van der Waals surface area contributed by atoms with E-state index in [-0.39, 0.29) is 30.9 Å². The number of nitrogens with zero attached hydrogens (tertiary/aromatic N) is 1. The molecule has 1 saturated heterocycles. The fourth-order valence-corrected chi connectivity index (χ4v) is 2.88. The van der Waals surface area contributed by atoms with Crippen LogP contribution in [0.25, 0.3) is 0 Å². The third-order valence-electron chi connectivity index (χ3n) is 4.10. The van der Waals surface area contributed by atoms with Gasteiger partial charge in [-0.2, -0.15) is 13.2 Å². The quantitative estimate of drug-likeness (QED) is 0.859. The van der Waals surface area contributed by atoms with Gasteiger partial charge in [0.15, 0.2) is 0 Å². The minimum absolute atomic E-state index is 0.0268. The van der Waals surface area contributed by atoms with Crippen LogP contribution in [0.2, 0.25) is 0 Å². The number of piperidine rings is 1. The van der Waals surface area contributed by atoms with E-state index in [1.807, 2.05) is 0 Å². The van der Waals surface area contributed by atoms with Crippen LogP contribution in [-0.2, 0) is 22.3 Å². The van der Waals surface area contributed by atoms with Gasteiger partial charge in [-0.15, -0.1) is 0 Å². The number of imide groups is 1. The molecule has 1 saturated carbocycles. The summed E-state index contributed by atoms with van der Waals surface area (Å²) in [6.45, 7) is -0.220. The summed E-state index contributed by atoms with van der Waals surface area (Å²) in [5, 5.41) is 9.00. The van der Waals surface area contributed by atoms with Crippen molar-refractivity contribution in [1.29, 1.82) is 0 Å². The van der Waals surface area contributed by atoms with Crippen molar-refractivity contribution < 1.29 is 27.9 Å². The zero-order valence-electron chi connectivity index (χ0n) is 10.8. The van der Waals surface area contributed by atoms with E-state index in [1.54, 1.807) is 0 Å². The Morgan fingerprint density at radius 3 is 2.00 bits per heavy atom. The summed E-state index contributed by atoms with van der Waals surface area (Å²) in [6, 6.07) is 4.38. The van der Waals surface area contributed by atoms with Gasteiger partial charge in [0.05, 0.1) is 23.9 Å². The van der Waals surface area contributed by atoms with Gasteiger partial charge in [0.2, 0.25) is 11.8 Å². The van der Waals surface area contributed by atoms with Crippen LogP contribution in [0, 0.1) is 17.8 Å². The second-order valence-electron chi connectivity index (χ2n) is 5.36. The number of carbonyl (C=O) groups is 2. The normalized spacial score (nSPS) is 28.0. The lowest BCUT2D eigenvalue weighted by atomic mass is 10.1. The van der Waals surface area contributed by atoms with Crippen molar-refractivity contribution in [1.82, 2.24) is 4.90 Å². The van der Waals surface area contributed by atoms with Crippen LogP contribution in [0.4, 0.5) is 13.2 Å². The van der Waals surface area contributed by atoms with E-state index in [1.165, 1.54) is 12.1 Å². The smallest absolute Gasteiger partial charge is 0.396 e. The summed E-state index contributed by atoms with van der Waals surface area (Å²) >= 11 is 0. The van der Waals surface area contributed by atoms with Gasteiger partial charge in [-0.05, 0) is 17.7 Å². The number of benzene rings is 1. The highest BCUT2D eigenvalue weighted by Crippen LogP contribution is 2.53. The molecule has 2 fully saturated rings. The lowest BCUT2D eigenvalue weighted by molar-refractivity contribution is -0.143. The van der Waals surface area contributed by atoms with Crippen LogP contribution >= 0.6 is 0 Å². The number of hydrogen-bond acceptors (Lipinski definition) is 3. The molecule has 1 N–H and O–H groups in total. The SMILES string of the molecule is O=C1C2C(CO)C2C(=O)N1Cc1ccc(C(F)(F)F)cc1. The van der Waals surface area contributed by atoms with E-state index >= 15 is 0 Å². The number of alkyl halides is 3. The fraction of sp³-hybridized carbons (Fsp3) is 0.429. The lowest BCUT2D eigenvalue weighted by Gasteiger charge is -2.18. The molecule has 2 amide bonds. The number of aliphatic hydroxyl groups is 1. The summed E-state index contributed by atoms with van der Waals surface area (Å²) in [6.07, 6.45) is -4.41. The van der Waals surface area contributed by atoms with Crippen molar-refractivity contribution in [2.45, 2.75) is 12.7 Å². The maximum atomic E-state index is 12.4. The van der Waals surface area contributed by atoms with E-state index in [9.17, 15) is 22.8 Å². The van der Waals surface area contributed by atoms with Crippen LogP contribution in [0.3, 0.4) is 0 Å². The Morgan fingerprint density at radius 1 is 1.05 bits per heavy atom. The molecule has 21 heavy (non-hydrogen) atoms. The summed E-state index contributed by atoms with van der Waals surface area (Å²) in [7, 11) is 0. The van der Waals surface area contributed by atoms with Gasteiger partial charge in [-0.3, -0.25) is 14.5 Å². The number of likely N-dealkylation sites (tertiary alicyclic amines) is 1. The first-order valence-electron chi connectivity index (χ1n) is 6.47. The van der Waals surface area contributed by atoms with Gasteiger partial charge in [-0.1, -0.05) is 12.1 Å². The van der Waals surface area contributed by atoms with E-state index in [2.05, 4.69) is 0 Å². The van der Waals surface area contributed by atoms with Crippen LogP contribution in [0.15, 0.2) is 24.3 Å². The number of hydrogen-bond donors (Lipinski definition) is 1. The van der Waals surface area contributed by atoms with E-state index < -0.39 is 23.6 Å². The molecule has 2 aliphatic rings. The molecule has 112 valence electrons. The standard InChI is InChI=1S/C14H12F3NO3/c15-14(16,17)8-3-1-7(2-4-8)5-18-12(20)10-9(6-19)11(10)13(18)21/h1-4,9-11,19H,5-6H2. The third kappa shape index (κ3) is 2.21. The van der Waals surface area contributed by atoms with Crippen molar-refractivity contribution in [2.24, 2.45) is 17.8 Å². The highest BCUT2D eigenvalue weighted by Gasteiger charge is 2.66. The molecule has 0 radical (unpaired) electrons. The number of amides is 2. The molecule has 1 heterocycles. The molecular weight excluding hydrogens is 287 g/mol. The summed E-state index contributed by atoms with van der Waals surface area (Å²) < 4.78 is 37.3. The van der Waals surface area contributed by atoms with Gasteiger partial charge < -0.3 is 5.11 Å². The van der Waals surface area contributed by atoms with Gasteiger partial charge in [0.25, 0.3) is 0 Å². The largest absolute Gasteiger partial charge is 0.416 e. The van der Waals surface area contributed by atoms with E-state index in [0.29, 0.717) is 5.56 Å². The molecule has 2 unspecified atom stereocenters. The number of aliphatic hydroxyl groups excluding tert-OH is 1.